The van der Waals surface area contributed by atoms with Gasteiger partial charge in [-0.15, -0.1) is 0 Å². The summed E-state index contributed by atoms with van der Waals surface area (Å²) in [7, 11) is 0. The largest absolute Gasteiger partial charge is 0.481 e. The number of hydrogen-bond donors (Lipinski definition) is 1. The number of carboxylic acids is 1. The summed E-state index contributed by atoms with van der Waals surface area (Å²) in [5.41, 5.74) is 1.13. The molecule has 0 saturated heterocycles. The second kappa shape index (κ2) is 7.36. The molecule has 0 aliphatic heterocycles. The van der Waals surface area contributed by atoms with Crippen LogP contribution in [-0.2, 0) is 17.6 Å². The van der Waals surface area contributed by atoms with Gasteiger partial charge in [0.2, 0.25) is 0 Å². The van der Waals surface area contributed by atoms with Crippen LogP contribution in [0.3, 0.4) is 0 Å². The Kier molecular flexibility index (Phi) is 5.50. The van der Waals surface area contributed by atoms with Crippen LogP contribution in [-0.4, -0.2) is 26.4 Å². The summed E-state index contributed by atoms with van der Waals surface area (Å²) in [6, 6.07) is 4.12. The smallest absolute Gasteiger partial charge is 0.313 e. The molecule has 2 rings (SSSR count). The molecule has 0 radical (unpaired) electrons. The van der Waals surface area contributed by atoms with Crippen LogP contribution in [0.2, 0.25) is 0 Å². The molecule has 0 saturated carbocycles. The van der Waals surface area contributed by atoms with Gasteiger partial charge in [-0.1, -0.05) is 18.7 Å². The second-order valence-electron chi connectivity index (χ2n) is 4.91. The van der Waals surface area contributed by atoms with E-state index < -0.39 is 5.97 Å². The molecule has 0 aliphatic rings. The molecule has 2 heterocycles. The zero-order chi connectivity index (χ0) is 15.2. The van der Waals surface area contributed by atoms with Crippen LogP contribution in [0.5, 0.6) is 0 Å². The lowest BCUT2D eigenvalue weighted by molar-refractivity contribution is -0.133. The van der Waals surface area contributed by atoms with E-state index in [1.54, 1.807) is 6.26 Å². The fourth-order valence-corrected chi connectivity index (χ4v) is 3.09. The van der Waals surface area contributed by atoms with Gasteiger partial charge in [0.15, 0.2) is 5.16 Å². The summed E-state index contributed by atoms with van der Waals surface area (Å²) in [5.74, 6) is 0.182. The zero-order valence-electron chi connectivity index (χ0n) is 12.3. The Bertz CT molecular complexity index is 578. The van der Waals surface area contributed by atoms with E-state index in [9.17, 15) is 4.79 Å². The molecular weight excluding hydrogens is 288 g/mol. The van der Waals surface area contributed by atoms with Gasteiger partial charge in [0, 0.05) is 24.4 Å². The summed E-state index contributed by atoms with van der Waals surface area (Å²) in [6.07, 6.45) is 6.19. The fourth-order valence-electron chi connectivity index (χ4n) is 2.28. The van der Waals surface area contributed by atoms with E-state index in [0.717, 1.165) is 35.9 Å². The van der Waals surface area contributed by atoms with Crippen molar-refractivity contribution < 1.29 is 14.3 Å². The van der Waals surface area contributed by atoms with E-state index in [2.05, 4.69) is 23.4 Å². The first kappa shape index (κ1) is 15.7. The van der Waals surface area contributed by atoms with Crippen molar-refractivity contribution in [1.82, 2.24) is 9.55 Å². The Labute approximate surface area is 128 Å². The van der Waals surface area contributed by atoms with E-state index in [4.69, 9.17) is 9.52 Å². The monoisotopic (exact) mass is 308 g/mol. The Morgan fingerprint density at radius 1 is 1.57 bits per heavy atom. The number of carbonyl (C=O) groups is 1. The number of nitrogens with zero attached hydrogens (tertiary/aromatic N) is 2. The molecule has 2 aromatic heterocycles. The van der Waals surface area contributed by atoms with Crippen LogP contribution in [0.1, 0.15) is 37.8 Å². The van der Waals surface area contributed by atoms with Gasteiger partial charge in [-0.25, -0.2) is 4.98 Å². The summed E-state index contributed by atoms with van der Waals surface area (Å²) >= 11 is 1.27. The van der Waals surface area contributed by atoms with Crippen molar-refractivity contribution in [3.05, 3.63) is 36.0 Å². The Morgan fingerprint density at radius 2 is 2.38 bits per heavy atom. The van der Waals surface area contributed by atoms with Gasteiger partial charge in [0.05, 0.1) is 12.0 Å². The lowest BCUT2D eigenvalue weighted by Gasteiger charge is -2.18. The summed E-state index contributed by atoms with van der Waals surface area (Å²) in [5, 5.41) is 9.61. The van der Waals surface area contributed by atoms with Gasteiger partial charge >= 0.3 is 5.97 Å². The van der Waals surface area contributed by atoms with E-state index in [0.29, 0.717) is 0 Å². The molecular formula is C15H20N2O3S. The average Bonchev–Trinajstić information content (AvgIpc) is 3.11. The number of furan rings is 1. The molecule has 0 fully saturated rings. The van der Waals surface area contributed by atoms with Gasteiger partial charge in [0.1, 0.15) is 5.76 Å². The molecule has 114 valence electrons. The van der Waals surface area contributed by atoms with Crippen molar-refractivity contribution in [2.24, 2.45) is 0 Å². The van der Waals surface area contributed by atoms with Gasteiger partial charge < -0.3 is 14.1 Å². The minimum absolute atomic E-state index is 0.0328. The average molecular weight is 308 g/mol. The van der Waals surface area contributed by atoms with Crippen LogP contribution in [0.15, 0.2) is 34.2 Å². The standard InChI is InChI=1S/C15H20N2O3S/c1-3-12-9-16-15(21-10-14(18)19)17(12)11(2)6-7-13-5-4-8-20-13/h4-5,8-9,11H,3,6-7,10H2,1-2H3,(H,18,19). The predicted octanol–water partition coefficient (Wildman–Crippen LogP) is 3.41. The number of aryl methyl sites for hydroxylation is 2. The number of thioether (sulfide) groups is 1. The molecule has 0 bridgehead atoms. The number of carboxylic acid groups (broad SMARTS) is 1. The number of rotatable bonds is 8. The zero-order valence-corrected chi connectivity index (χ0v) is 13.1. The molecule has 1 unspecified atom stereocenters. The predicted molar refractivity (Wildman–Crippen MR) is 81.7 cm³/mol. The van der Waals surface area contributed by atoms with Crippen LogP contribution < -0.4 is 0 Å². The first-order valence-electron chi connectivity index (χ1n) is 7.04. The Morgan fingerprint density at radius 3 is 3.00 bits per heavy atom. The van der Waals surface area contributed by atoms with Crippen molar-refractivity contribution in [2.75, 3.05) is 5.75 Å². The van der Waals surface area contributed by atoms with Crippen molar-refractivity contribution in [1.29, 1.82) is 0 Å². The van der Waals surface area contributed by atoms with Crippen LogP contribution >= 0.6 is 11.8 Å². The van der Waals surface area contributed by atoms with Crippen LogP contribution in [0.25, 0.3) is 0 Å². The lowest BCUT2D eigenvalue weighted by atomic mass is 10.1. The minimum atomic E-state index is -0.823. The van der Waals surface area contributed by atoms with Crippen molar-refractivity contribution in [3.63, 3.8) is 0 Å². The number of aromatic nitrogens is 2. The highest BCUT2D eigenvalue weighted by molar-refractivity contribution is 7.99. The number of hydrogen-bond acceptors (Lipinski definition) is 4. The van der Waals surface area contributed by atoms with E-state index in [-0.39, 0.29) is 11.8 Å². The summed E-state index contributed by atoms with van der Waals surface area (Å²) in [4.78, 5) is 15.1. The van der Waals surface area contributed by atoms with Crippen LogP contribution in [0.4, 0.5) is 0 Å². The molecule has 0 amide bonds. The third-order valence-corrected chi connectivity index (χ3v) is 4.31. The summed E-state index contributed by atoms with van der Waals surface area (Å²) < 4.78 is 7.51. The molecule has 1 atom stereocenters. The maximum atomic E-state index is 10.7. The Balaban J connectivity index is 2.07. The number of aliphatic carboxylic acids is 1. The topological polar surface area (TPSA) is 68.3 Å². The maximum Gasteiger partial charge on any atom is 0.313 e. The molecule has 1 N–H and O–H groups in total. The van der Waals surface area contributed by atoms with E-state index in [1.165, 1.54) is 11.8 Å². The lowest BCUT2D eigenvalue weighted by Crippen LogP contribution is -2.11. The highest BCUT2D eigenvalue weighted by Crippen LogP contribution is 2.26. The third-order valence-electron chi connectivity index (χ3n) is 3.36. The highest BCUT2D eigenvalue weighted by atomic mass is 32.2. The fraction of sp³-hybridized carbons (Fsp3) is 0.467. The quantitative estimate of drug-likeness (QED) is 0.757. The summed E-state index contributed by atoms with van der Waals surface area (Å²) in [6.45, 7) is 4.22. The van der Waals surface area contributed by atoms with Crippen molar-refractivity contribution in [3.8, 4) is 0 Å². The normalized spacial score (nSPS) is 12.5. The van der Waals surface area contributed by atoms with E-state index in [1.807, 2.05) is 18.3 Å². The van der Waals surface area contributed by atoms with Crippen molar-refractivity contribution >= 4 is 17.7 Å². The first-order chi connectivity index (χ1) is 10.1. The molecule has 2 aromatic rings. The van der Waals surface area contributed by atoms with Crippen molar-refractivity contribution in [2.45, 2.75) is 44.3 Å². The highest BCUT2D eigenvalue weighted by Gasteiger charge is 2.16. The molecule has 5 nitrogen and oxygen atoms in total. The first-order valence-corrected chi connectivity index (χ1v) is 8.03. The van der Waals surface area contributed by atoms with E-state index >= 15 is 0 Å². The number of imidazole rings is 1. The third kappa shape index (κ3) is 4.14. The second-order valence-corrected chi connectivity index (χ2v) is 5.85. The SMILES string of the molecule is CCc1cnc(SCC(=O)O)n1C(C)CCc1ccco1. The van der Waals surface area contributed by atoms with Gasteiger partial charge in [-0.05, 0) is 31.9 Å². The molecule has 0 aromatic carbocycles. The van der Waals surface area contributed by atoms with Crippen LogP contribution in [0, 0.1) is 0 Å². The Hall–Kier alpha value is -1.69. The molecule has 6 heteroatoms. The molecule has 21 heavy (non-hydrogen) atoms. The van der Waals surface area contributed by atoms with Gasteiger partial charge in [0.25, 0.3) is 0 Å². The van der Waals surface area contributed by atoms with Gasteiger partial charge in [-0.3, -0.25) is 4.79 Å². The molecule has 0 spiro atoms. The maximum absolute atomic E-state index is 10.7. The molecule has 0 aliphatic carbocycles. The minimum Gasteiger partial charge on any atom is -0.481 e. The van der Waals surface area contributed by atoms with Gasteiger partial charge in [-0.2, -0.15) is 0 Å².